The molecule has 0 bridgehead atoms. The van der Waals surface area contributed by atoms with Crippen LogP contribution in [0.1, 0.15) is 74.4 Å². The van der Waals surface area contributed by atoms with Crippen molar-refractivity contribution < 1.29 is 9.59 Å². The van der Waals surface area contributed by atoms with Crippen LogP contribution in [-0.2, 0) is 16.8 Å². The molecule has 2 amide bonds. The van der Waals surface area contributed by atoms with Crippen LogP contribution < -0.4 is 10.6 Å². The fraction of sp³-hybridized carbons (Fsp3) is 0.440. The minimum atomic E-state index is -0.133. The first-order valence-corrected chi connectivity index (χ1v) is 10.6. The zero-order valence-electron chi connectivity index (χ0n) is 17.8. The lowest BCUT2D eigenvalue weighted by molar-refractivity contribution is -0.126. The van der Waals surface area contributed by atoms with E-state index in [4.69, 9.17) is 0 Å². The lowest BCUT2D eigenvalue weighted by atomic mass is 9.87. The van der Waals surface area contributed by atoms with Gasteiger partial charge in [0, 0.05) is 23.7 Å². The minimum absolute atomic E-state index is 0.0881. The molecule has 2 aromatic rings. The van der Waals surface area contributed by atoms with E-state index in [2.05, 4.69) is 31.4 Å². The Morgan fingerprint density at radius 3 is 2.10 bits per heavy atom. The topological polar surface area (TPSA) is 58.2 Å². The monoisotopic (exact) mass is 392 g/mol. The average molecular weight is 393 g/mol. The summed E-state index contributed by atoms with van der Waals surface area (Å²) < 4.78 is 0. The van der Waals surface area contributed by atoms with E-state index in [0.29, 0.717) is 12.1 Å². The van der Waals surface area contributed by atoms with Gasteiger partial charge >= 0.3 is 0 Å². The van der Waals surface area contributed by atoms with Crippen molar-refractivity contribution in [3.8, 4) is 0 Å². The molecule has 3 rings (SSSR count). The smallest absolute Gasteiger partial charge is 0.255 e. The van der Waals surface area contributed by atoms with E-state index in [-0.39, 0.29) is 23.1 Å². The third kappa shape index (κ3) is 5.93. The molecule has 0 unspecified atom stereocenters. The van der Waals surface area contributed by atoms with Crippen molar-refractivity contribution in [3.63, 3.8) is 0 Å². The molecule has 0 spiro atoms. The van der Waals surface area contributed by atoms with Crippen LogP contribution in [0.3, 0.4) is 0 Å². The number of amides is 2. The second-order valence-corrected chi connectivity index (χ2v) is 9.03. The first-order chi connectivity index (χ1) is 13.8. The summed E-state index contributed by atoms with van der Waals surface area (Å²) in [4.78, 5) is 24.8. The molecule has 154 valence electrons. The Bertz CT molecular complexity index is 827. The number of hydrogen-bond acceptors (Lipinski definition) is 2. The Hall–Kier alpha value is -2.62. The van der Waals surface area contributed by atoms with Crippen molar-refractivity contribution >= 4 is 17.5 Å². The number of carbonyl (C=O) groups excluding carboxylic acids is 2. The molecule has 1 fully saturated rings. The van der Waals surface area contributed by atoms with Gasteiger partial charge in [-0.3, -0.25) is 9.59 Å². The zero-order chi connectivity index (χ0) is 20.9. The highest BCUT2D eigenvalue weighted by atomic mass is 16.2. The van der Waals surface area contributed by atoms with E-state index < -0.39 is 0 Å². The maximum Gasteiger partial charge on any atom is 0.255 e. The van der Waals surface area contributed by atoms with Crippen molar-refractivity contribution in [3.05, 3.63) is 65.2 Å². The summed E-state index contributed by atoms with van der Waals surface area (Å²) in [6.07, 6.45) is 5.55. The third-order valence-electron chi connectivity index (χ3n) is 5.67. The van der Waals surface area contributed by atoms with Crippen LogP contribution in [0.25, 0.3) is 0 Å². The van der Waals surface area contributed by atoms with Crippen molar-refractivity contribution in [1.29, 1.82) is 0 Å². The Morgan fingerprint density at radius 2 is 1.52 bits per heavy atom. The van der Waals surface area contributed by atoms with Gasteiger partial charge in [0.1, 0.15) is 0 Å². The Balaban J connectivity index is 1.52. The Labute approximate surface area is 174 Å². The molecule has 4 nitrogen and oxygen atoms in total. The molecule has 1 saturated carbocycles. The molecular formula is C25H32N2O2. The summed E-state index contributed by atoms with van der Waals surface area (Å²) in [7, 11) is 0. The van der Waals surface area contributed by atoms with Gasteiger partial charge in [0.15, 0.2) is 0 Å². The van der Waals surface area contributed by atoms with Crippen LogP contribution in [0.4, 0.5) is 5.69 Å². The first-order valence-electron chi connectivity index (χ1n) is 10.6. The van der Waals surface area contributed by atoms with Gasteiger partial charge in [-0.1, -0.05) is 64.3 Å². The molecule has 0 saturated heterocycles. The van der Waals surface area contributed by atoms with E-state index in [0.717, 1.165) is 36.9 Å². The van der Waals surface area contributed by atoms with Gasteiger partial charge in [0.2, 0.25) is 5.91 Å². The van der Waals surface area contributed by atoms with Crippen LogP contribution >= 0.6 is 0 Å². The van der Waals surface area contributed by atoms with Crippen LogP contribution in [0.15, 0.2) is 48.5 Å². The molecule has 2 aromatic carbocycles. The highest BCUT2D eigenvalue weighted by molar-refractivity contribution is 6.04. The lowest BCUT2D eigenvalue weighted by Crippen LogP contribution is -2.31. The summed E-state index contributed by atoms with van der Waals surface area (Å²) in [5.41, 5.74) is 3.71. The maximum atomic E-state index is 12.5. The van der Waals surface area contributed by atoms with Gasteiger partial charge in [0.25, 0.3) is 5.91 Å². The van der Waals surface area contributed by atoms with Gasteiger partial charge < -0.3 is 10.6 Å². The number of rotatable bonds is 5. The fourth-order valence-corrected chi connectivity index (χ4v) is 3.73. The number of benzene rings is 2. The highest BCUT2D eigenvalue weighted by Gasteiger charge is 2.20. The predicted molar refractivity (Wildman–Crippen MR) is 118 cm³/mol. The lowest BCUT2D eigenvalue weighted by Gasteiger charge is -2.20. The maximum absolute atomic E-state index is 12.5. The van der Waals surface area contributed by atoms with E-state index in [1.54, 1.807) is 12.1 Å². The molecule has 0 atom stereocenters. The summed E-state index contributed by atoms with van der Waals surface area (Å²) in [6, 6.07) is 15.4. The van der Waals surface area contributed by atoms with Crippen LogP contribution in [0.2, 0.25) is 0 Å². The molecule has 0 radical (unpaired) electrons. The number of nitrogens with one attached hydrogen (secondary N) is 2. The van der Waals surface area contributed by atoms with Gasteiger partial charge in [-0.2, -0.15) is 0 Å². The Morgan fingerprint density at radius 1 is 0.897 bits per heavy atom. The summed E-state index contributed by atoms with van der Waals surface area (Å²) >= 11 is 0. The van der Waals surface area contributed by atoms with E-state index in [1.807, 2.05) is 36.4 Å². The van der Waals surface area contributed by atoms with Gasteiger partial charge in [-0.25, -0.2) is 0 Å². The SMILES string of the molecule is CC(C)(C)c1ccc(NC(=O)c2ccc(CNC(=O)C3CCCCC3)cc2)cc1. The molecule has 0 heterocycles. The van der Waals surface area contributed by atoms with Gasteiger partial charge in [0.05, 0.1) is 0 Å². The van der Waals surface area contributed by atoms with E-state index in [1.165, 1.54) is 12.0 Å². The highest BCUT2D eigenvalue weighted by Crippen LogP contribution is 2.24. The van der Waals surface area contributed by atoms with E-state index >= 15 is 0 Å². The summed E-state index contributed by atoms with van der Waals surface area (Å²) in [6.45, 7) is 7.00. The predicted octanol–water partition coefficient (Wildman–Crippen LogP) is 5.43. The number of anilines is 1. The second-order valence-electron chi connectivity index (χ2n) is 9.03. The van der Waals surface area contributed by atoms with Crippen LogP contribution in [0.5, 0.6) is 0 Å². The quantitative estimate of drug-likeness (QED) is 0.712. The van der Waals surface area contributed by atoms with Crippen molar-refractivity contribution in [2.24, 2.45) is 5.92 Å². The standard InChI is InChI=1S/C25H32N2O2/c1-25(2,3)21-13-15-22(16-14-21)27-24(29)20-11-9-18(10-12-20)17-26-23(28)19-7-5-4-6-8-19/h9-16,19H,4-8,17H2,1-3H3,(H,26,28)(H,27,29). The van der Waals surface area contributed by atoms with Crippen molar-refractivity contribution in [2.75, 3.05) is 5.32 Å². The van der Waals surface area contributed by atoms with E-state index in [9.17, 15) is 9.59 Å². The minimum Gasteiger partial charge on any atom is -0.352 e. The molecule has 1 aliphatic carbocycles. The van der Waals surface area contributed by atoms with Crippen LogP contribution in [-0.4, -0.2) is 11.8 Å². The van der Waals surface area contributed by atoms with Gasteiger partial charge in [-0.15, -0.1) is 0 Å². The fourth-order valence-electron chi connectivity index (χ4n) is 3.73. The third-order valence-corrected chi connectivity index (χ3v) is 5.67. The Kier molecular flexibility index (Phi) is 6.73. The zero-order valence-corrected chi connectivity index (χ0v) is 17.8. The number of hydrogen-bond donors (Lipinski definition) is 2. The molecule has 0 aromatic heterocycles. The normalized spacial score (nSPS) is 15.0. The van der Waals surface area contributed by atoms with Crippen molar-refractivity contribution in [1.82, 2.24) is 5.32 Å². The average Bonchev–Trinajstić information content (AvgIpc) is 2.72. The van der Waals surface area contributed by atoms with Crippen molar-refractivity contribution in [2.45, 2.75) is 64.8 Å². The second kappa shape index (κ2) is 9.25. The number of carbonyl (C=O) groups is 2. The molecular weight excluding hydrogens is 360 g/mol. The van der Waals surface area contributed by atoms with Gasteiger partial charge in [-0.05, 0) is 53.6 Å². The molecule has 0 aliphatic heterocycles. The molecule has 2 N–H and O–H groups in total. The largest absolute Gasteiger partial charge is 0.352 e. The summed E-state index contributed by atoms with van der Waals surface area (Å²) in [5, 5.41) is 5.98. The first kappa shape index (κ1) is 21.1. The summed E-state index contributed by atoms with van der Waals surface area (Å²) in [5.74, 6) is 0.190. The van der Waals surface area contributed by atoms with Crippen LogP contribution in [0, 0.1) is 5.92 Å². The molecule has 29 heavy (non-hydrogen) atoms. The molecule has 4 heteroatoms. The molecule has 1 aliphatic rings.